The summed E-state index contributed by atoms with van der Waals surface area (Å²) in [6, 6.07) is 4.87. The minimum Gasteiger partial charge on any atom is -0.207 e. The van der Waals surface area contributed by atoms with E-state index in [0.29, 0.717) is 4.83 Å². The first kappa shape index (κ1) is 14.2. The summed E-state index contributed by atoms with van der Waals surface area (Å²) in [5, 5.41) is 0. The van der Waals surface area contributed by atoms with Crippen LogP contribution < -0.4 is 0 Å². The highest BCUT2D eigenvalue weighted by Gasteiger charge is 2.21. The fourth-order valence-electron chi connectivity index (χ4n) is 2.03. The molecule has 0 radical (unpaired) electrons. The van der Waals surface area contributed by atoms with Crippen molar-refractivity contribution in [3.8, 4) is 0 Å². The zero-order valence-corrected chi connectivity index (χ0v) is 13.0. The molecule has 3 heteroatoms. The summed E-state index contributed by atoms with van der Waals surface area (Å²) >= 11 is 7.04. The van der Waals surface area contributed by atoms with E-state index in [0.717, 1.165) is 22.9 Å². The van der Waals surface area contributed by atoms with Crippen molar-refractivity contribution in [3.05, 3.63) is 34.1 Å². The van der Waals surface area contributed by atoms with E-state index in [1.54, 1.807) is 12.1 Å². The normalized spacial score (nSPS) is 13.9. The molecule has 0 fully saturated rings. The zero-order valence-electron chi connectivity index (χ0n) is 9.86. The van der Waals surface area contributed by atoms with Crippen molar-refractivity contribution in [3.63, 3.8) is 0 Å². The van der Waals surface area contributed by atoms with Crippen molar-refractivity contribution in [2.75, 3.05) is 0 Å². The summed E-state index contributed by atoms with van der Waals surface area (Å²) < 4.78 is 14.1. The predicted molar refractivity (Wildman–Crippen MR) is 74.6 cm³/mol. The molecule has 0 bridgehead atoms. The van der Waals surface area contributed by atoms with E-state index in [1.807, 2.05) is 0 Å². The quantitative estimate of drug-likeness (QED) is 0.643. The van der Waals surface area contributed by atoms with E-state index in [2.05, 4.69) is 52.6 Å². The fraction of sp³-hybridized carbons (Fsp3) is 0.538. The molecular formula is C13H17Br2F. The van der Waals surface area contributed by atoms with Gasteiger partial charge in [0.25, 0.3) is 0 Å². The maximum atomic E-state index is 13.2. The van der Waals surface area contributed by atoms with Crippen LogP contribution in [0.3, 0.4) is 0 Å². The summed E-state index contributed by atoms with van der Waals surface area (Å²) in [6.07, 6.45) is 1.94. The van der Waals surface area contributed by atoms with Crippen molar-refractivity contribution in [1.29, 1.82) is 0 Å². The minimum atomic E-state index is -0.166. The van der Waals surface area contributed by atoms with Gasteiger partial charge in [0.15, 0.2) is 0 Å². The van der Waals surface area contributed by atoms with E-state index < -0.39 is 0 Å². The third kappa shape index (κ3) is 4.54. The van der Waals surface area contributed by atoms with Crippen LogP contribution in [0.25, 0.3) is 0 Å². The Morgan fingerprint density at radius 1 is 1.38 bits per heavy atom. The molecule has 0 nitrogen and oxygen atoms in total. The first-order valence-electron chi connectivity index (χ1n) is 5.38. The maximum absolute atomic E-state index is 13.2. The highest BCUT2D eigenvalue weighted by molar-refractivity contribution is 9.10. The van der Waals surface area contributed by atoms with Gasteiger partial charge in [0.2, 0.25) is 0 Å². The molecular weight excluding hydrogens is 335 g/mol. The van der Waals surface area contributed by atoms with Crippen molar-refractivity contribution in [2.24, 2.45) is 5.41 Å². The Morgan fingerprint density at radius 3 is 2.56 bits per heavy atom. The van der Waals surface area contributed by atoms with E-state index in [1.165, 1.54) is 6.07 Å². The second-order valence-electron chi connectivity index (χ2n) is 5.06. The largest absolute Gasteiger partial charge is 0.207 e. The van der Waals surface area contributed by atoms with Gasteiger partial charge in [-0.15, -0.1) is 0 Å². The molecule has 0 spiro atoms. The van der Waals surface area contributed by atoms with Gasteiger partial charge in [-0.1, -0.05) is 52.6 Å². The summed E-state index contributed by atoms with van der Waals surface area (Å²) in [4.78, 5) is 0.481. The molecule has 90 valence electrons. The van der Waals surface area contributed by atoms with E-state index in [4.69, 9.17) is 0 Å². The van der Waals surface area contributed by atoms with E-state index >= 15 is 0 Å². The van der Waals surface area contributed by atoms with Crippen LogP contribution in [0.5, 0.6) is 0 Å². The molecule has 0 aliphatic rings. The molecule has 0 amide bonds. The predicted octanol–water partition coefficient (Wildman–Crippen LogP) is 5.33. The number of hydrogen-bond donors (Lipinski definition) is 0. The van der Waals surface area contributed by atoms with Gasteiger partial charge in [0.05, 0.1) is 0 Å². The summed E-state index contributed by atoms with van der Waals surface area (Å²) in [5.74, 6) is -0.166. The van der Waals surface area contributed by atoms with Crippen LogP contribution in [-0.4, -0.2) is 4.83 Å². The molecule has 0 aromatic heterocycles. The van der Waals surface area contributed by atoms with Crippen LogP contribution >= 0.6 is 31.9 Å². The lowest BCUT2D eigenvalue weighted by molar-refractivity contribution is 0.334. The fourth-order valence-corrected chi connectivity index (χ4v) is 3.29. The molecule has 0 aliphatic carbocycles. The first-order valence-corrected chi connectivity index (χ1v) is 7.09. The van der Waals surface area contributed by atoms with Crippen molar-refractivity contribution in [1.82, 2.24) is 0 Å². The lowest BCUT2D eigenvalue weighted by Crippen LogP contribution is -2.19. The highest BCUT2D eigenvalue weighted by atomic mass is 79.9. The van der Waals surface area contributed by atoms with Crippen LogP contribution in [0.2, 0.25) is 0 Å². The van der Waals surface area contributed by atoms with E-state index in [9.17, 15) is 4.39 Å². The number of hydrogen-bond acceptors (Lipinski definition) is 0. The maximum Gasteiger partial charge on any atom is 0.123 e. The number of benzene rings is 1. The summed E-state index contributed by atoms with van der Waals surface area (Å²) in [7, 11) is 0. The minimum absolute atomic E-state index is 0.166. The van der Waals surface area contributed by atoms with Gasteiger partial charge in [-0.2, -0.15) is 0 Å². The molecule has 0 N–H and O–H groups in total. The van der Waals surface area contributed by atoms with Crippen molar-refractivity contribution in [2.45, 2.75) is 38.4 Å². The average Bonchev–Trinajstić information content (AvgIpc) is 2.08. The van der Waals surface area contributed by atoms with Crippen LogP contribution in [0.15, 0.2) is 22.7 Å². The number of alkyl halides is 1. The van der Waals surface area contributed by atoms with Crippen LogP contribution in [0.1, 0.15) is 32.8 Å². The number of rotatable bonds is 4. The summed E-state index contributed by atoms with van der Waals surface area (Å²) in [5.41, 5.74) is 1.21. The van der Waals surface area contributed by atoms with Crippen molar-refractivity contribution >= 4 is 31.9 Å². The topological polar surface area (TPSA) is 0 Å². The highest BCUT2D eigenvalue weighted by Crippen LogP contribution is 2.32. The van der Waals surface area contributed by atoms with Gasteiger partial charge in [-0.05, 0) is 42.0 Å². The Balaban J connectivity index is 2.82. The average molecular weight is 352 g/mol. The van der Waals surface area contributed by atoms with Gasteiger partial charge in [0.1, 0.15) is 5.82 Å². The molecule has 1 aromatic rings. The van der Waals surface area contributed by atoms with Crippen molar-refractivity contribution < 1.29 is 4.39 Å². The van der Waals surface area contributed by atoms with E-state index in [-0.39, 0.29) is 11.2 Å². The third-order valence-corrected chi connectivity index (χ3v) is 3.61. The molecule has 1 aromatic carbocycles. The Morgan fingerprint density at radius 2 is 2.00 bits per heavy atom. The second-order valence-corrected chi connectivity index (χ2v) is 7.48. The molecule has 16 heavy (non-hydrogen) atoms. The molecule has 1 atom stereocenters. The Kier molecular flexibility index (Phi) is 4.99. The monoisotopic (exact) mass is 350 g/mol. The van der Waals surface area contributed by atoms with Gasteiger partial charge in [-0.3, -0.25) is 0 Å². The van der Waals surface area contributed by atoms with Crippen LogP contribution in [-0.2, 0) is 6.42 Å². The molecule has 0 heterocycles. The summed E-state index contributed by atoms with van der Waals surface area (Å²) in [6.45, 7) is 6.56. The Labute approximate surface area is 114 Å². The molecule has 0 saturated carbocycles. The SMILES string of the molecule is CC(Br)CC(C)(C)Cc1cc(F)ccc1Br. The second kappa shape index (κ2) is 5.63. The smallest absolute Gasteiger partial charge is 0.123 e. The van der Waals surface area contributed by atoms with Crippen LogP contribution in [0, 0.1) is 11.2 Å². The lowest BCUT2D eigenvalue weighted by atomic mass is 9.82. The van der Waals surface area contributed by atoms with Gasteiger partial charge in [0, 0.05) is 9.30 Å². The molecule has 0 saturated heterocycles. The lowest BCUT2D eigenvalue weighted by Gasteiger charge is -2.26. The third-order valence-electron chi connectivity index (χ3n) is 2.51. The Bertz CT molecular complexity index is 359. The molecule has 0 aliphatic heterocycles. The van der Waals surface area contributed by atoms with Gasteiger partial charge >= 0.3 is 0 Å². The van der Waals surface area contributed by atoms with Gasteiger partial charge < -0.3 is 0 Å². The van der Waals surface area contributed by atoms with Gasteiger partial charge in [-0.25, -0.2) is 4.39 Å². The zero-order chi connectivity index (χ0) is 12.3. The number of halogens is 3. The first-order chi connectivity index (χ1) is 7.30. The van der Waals surface area contributed by atoms with Crippen LogP contribution in [0.4, 0.5) is 4.39 Å². The molecule has 1 unspecified atom stereocenters. The standard InChI is InChI=1S/C13H17Br2F/c1-9(14)7-13(2,3)8-10-6-11(16)4-5-12(10)15/h4-6,9H,7-8H2,1-3H3. The Hall–Kier alpha value is 0.110. The molecule has 1 rings (SSSR count).